The van der Waals surface area contributed by atoms with E-state index in [9.17, 15) is 14.7 Å². The van der Waals surface area contributed by atoms with Crippen LogP contribution < -0.4 is 11.1 Å². The predicted molar refractivity (Wildman–Crippen MR) is 130 cm³/mol. The van der Waals surface area contributed by atoms with Gasteiger partial charge in [-0.15, -0.1) is 22.7 Å². The van der Waals surface area contributed by atoms with Gasteiger partial charge < -0.3 is 20.1 Å². The molecule has 5 rings (SSSR count). The van der Waals surface area contributed by atoms with Crippen LogP contribution in [0.3, 0.4) is 0 Å². The van der Waals surface area contributed by atoms with Crippen LogP contribution in [-0.2, 0) is 14.9 Å². The highest BCUT2D eigenvalue weighted by Gasteiger charge is 2.53. The minimum atomic E-state index is -0.763. The number of rotatable bonds is 5. The minimum absolute atomic E-state index is 0.00572. The molecule has 1 atom stereocenters. The average Bonchev–Trinajstić information content (AvgIpc) is 3.26. The molecule has 8 nitrogen and oxygen atoms in total. The average molecular weight is 494 g/mol. The van der Waals surface area contributed by atoms with Crippen LogP contribution in [0.4, 0.5) is 16.3 Å². The number of hydrogen-bond donors (Lipinski definition) is 3. The molecule has 1 amide bonds. The number of carboxylic acid groups (broad SMARTS) is 1. The largest absolute Gasteiger partial charge is 0.481 e. The number of nitrogen functional groups attached to an aromatic ring is 1. The van der Waals surface area contributed by atoms with Crippen molar-refractivity contribution >= 4 is 55.6 Å². The van der Waals surface area contributed by atoms with Crippen molar-refractivity contribution in [3.05, 3.63) is 63.5 Å². The third kappa shape index (κ3) is 4.11. The number of carboxylic acids is 1. The summed E-state index contributed by atoms with van der Waals surface area (Å²) in [6, 6.07) is 13.2. The highest BCUT2D eigenvalue weighted by molar-refractivity contribution is 7.28. The molecule has 3 heterocycles. The molecule has 4 aromatic rings. The van der Waals surface area contributed by atoms with Crippen LogP contribution in [0, 0.1) is 11.8 Å². The molecule has 0 radical (unpaired) electrons. The van der Waals surface area contributed by atoms with Crippen molar-refractivity contribution in [2.45, 2.75) is 31.3 Å². The summed E-state index contributed by atoms with van der Waals surface area (Å²) >= 11 is 2.95. The van der Waals surface area contributed by atoms with Gasteiger partial charge in [-0.25, -0.2) is 4.79 Å². The molecular formula is C24H19N3O5S2. The van der Waals surface area contributed by atoms with E-state index in [4.69, 9.17) is 15.0 Å². The Morgan fingerprint density at radius 1 is 1.21 bits per heavy atom. The lowest BCUT2D eigenvalue weighted by molar-refractivity contribution is -0.139. The Morgan fingerprint density at radius 3 is 2.62 bits per heavy atom. The number of carbonyl (C=O) groups excluding carboxylic acids is 1. The van der Waals surface area contributed by atoms with Crippen LogP contribution in [-0.4, -0.2) is 22.3 Å². The van der Waals surface area contributed by atoms with Crippen molar-refractivity contribution in [3.63, 3.8) is 0 Å². The van der Waals surface area contributed by atoms with E-state index in [2.05, 4.69) is 22.3 Å². The molecule has 1 unspecified atom stereocenters. The molecule has 0 aliphatic heterocycles. The molecule has 0 saturated heterocycles. The van der Waals surface area contributed by atoms with Gasteiger partial charge >= 0.3 is 12.1 Å². The Balaban J connectivity index is 1.30. The quantitative estimate of drug-likeness (QED) is 0.319. The van der Waals surface area contributed by atoms with E-state index in [-0.39, 0.29) is 17.3 Å². The van der Waals surface area contributed by atoms with Crippen LogP contribution in [0.1, 0.15) is 46.9 Å². The third-order valence-electron chi connectivity index (χ3n) is 5.64. The lowest BCUT2D eigenvalue weighted by atomic mass is 10.1. The fraction of sp³-hybridized carbons (Fsp3) is 0.208. The van der Waals surface area contributed by atoms with Crippen molar-refractivity contribution in [1.82, 2.24) is 5.16 Å². The van der Waals surface area contributed by atoms with Crippen LogP contribution in [0.15, 0.2) is 47.0 Å². The number of thiophene rings is 2. The molecule has 172 valence electrons. The number of nitrogens with zero attached hydrogens (tertiary/aromatic N) is 1. The van der Waals surface area contributed by atoms with E-state index in [1.54, 1.807) is 6.92 Å². The smallest absolute Gasteiger partial charge is 0.412 e. The van der Waals surface area contributed by atoms with Crippen LogP contribution >= 0.6 is 22.7 Å². The van der Waals surface area contributed by atoms with Crippen LogP contribution in [0.2, 0.25) is 0 Å². The molecule has 0 spiro atoms. The molecule has 4 N–H and O–H groups in total. The first-order chi connectivity index (χ1) is 16.4. The fourth-order valence-electron chi connectivity index (χ4n) is 3.53. The maximum Gasteiger partial charge on any atom is 0.412 e. The van der Waals surface area contributed by atoms with Gasteiger partial charge in [-0.05, 0) is 49.3 Å². The summed E-state index contributed by atoms with van der Waals surface area (Å²) in [7, 11) is 0. The minimum Gasteiger partial charge on any atom is -0.481 e. The first kappa shape index (κ1) is 22.0. The third-order valence-corrected chi connectivity index (χ3v) is 8.05. The van der Waals surface area contributed by atoms with Crippen LogP contribution in [0.5, 0.6) is 0 Å². The predicted octanol–water partition coefficient (Wildman–Crippen LogP) is 5.36. The van der Waals surface area contributed by atoms with E-state index in [0.717, 1.165) is 24.7 Å². The molecule has 34 heavy (non-hydrogen) atoms. The monoisotopic (exact) mass is 493 g/mol. The van der Waals surface area contributed by atoms with Crippen molar-refractivity contribution in [1.29, 1.82) is 0 Å². The molecule has 1 aliphatic rings. The Labute approximate surface area is 202 Å². The number of carbonyl (C=O) groups is 2. The maximum absolute atomic E-state index is 12.4. The Morgan fingerprint density at radius 2 is 1.94 bits per heavy atom. The number of hydrogen-bond acceptors (Lipinski definition) is 8. The number of fused-ring (bicyclic) bond motifs is 1. The summed E-state index contributed by atoms with van der Waals surface area (Å²) in [5, 5.41) is 15.8. The molecule has 10 heteroatoms. The Kier molecular flexibility index (Phi) is 5.51. The highest BCUT2D eigenvalue weighted by atomic mass is 32.1. The van der Waals surface area contributed by atoms with E-state index < -0.39 is 23.6 Å². The van der Waals surface area contributed by atoms with Crippen LogP contribution in [0.25, 0.3) is 9.40 Å². The van der Waals surface area contributed by atoms with Gasteiger partial charge in [0, 0.05) is 14.3 Å². The van der Waals surface area contributed by atoms with Gasteiger partial charge in [-0.2, -0.15) is 0 Å². The SMILES string of the molecule is CC(OC(=O)Nc1c(N)noc1C#Cc1cc2sc(C3(C(=O)O)CC3)cc2s1)c1ccccc1. The molecule has 1 aliphatic carbocycles. The number of nitrogens with two attached hydrogens (primary N) is 1. The van der Waals surface area contributed by atoms with E-state index in [1.807, 2.05) is 42.5 Å². The summed E-state index contributed by atoms with van der Waals surface area (Å²) in [6.07, 6.45) is 0.193. The van der Waals surface area contributed by atoms with Gasteiger partial charge in [-0.1, -0.05) is 35.5 Å². The molecular weight excluding hydrogens is 474 g/mol. The van der Waals surface area contributed by atoms with E-state index in [0.29, 0.717) is 12.8 Å². The van der Waals surface area contributed by atoms with E-state index >= 15 is 0 Å². The summed E-state index contributed by atoms with van der Waals surface area (Å²) in [5.41, 5.74) is 6.14. The van der Waals surface area contributed by atoms with Gasteiger partial charge in [0.05, 0.1) is 4.88 Å². The van der Waals surface area contributed by atoms with E-state index in [1.165, 1.54) is 22.7 Å². The number of anilines is 2. The fourth-order valence-corrected chi connectivity index (χ4v) is 6.02. The number of aromatic nitrogens is 1. The zero-order valence-corrected chi connectivity index (χ0v) is 19.6. The number of aliphatic carboxylic acids is 1. The molecule has 3 aromatic heterocycles. The molecule has 1 saturated carbocycles. The number of amides is 1. The number of nitrogens with one attached hydrogen (secondary N) is 1. The van der Waals surface area contributed by atoms with Crippen molar-refractivity contribution < 1.29 is 24.0 Å². The zero-order valence-electron chi connectivity index (χ0n) is 18.0. The number of ether oxygens (including phenoxy) is 1. The van der Waals surface area contributed by atoms with Gasteiger partial charge in [0.15, 0.2) is 5.82 Å². The summed E-state index contributed by atoms with van der Waals surface area (Å²) in [5.74, 6) is 5.21. The highest BCUT2D eigenvalue weighted by Crippen LogP contribution is 2.52. The normalized spacial score (nSPS) is 14.7. The maximum atomic E-state index is 12.4. The Hall–Kier alpha value is -3.81. The van der Waals surface area contributed by atoms with Crippen molar-refractivity contribution in [2.75, 3.05) is 11.1 Å². The van der Waals surface area contributed by atoms with Gasteiger partial charge in [-0.3, -0.25) is 10.1 Å². The van der Waals surface area contributed by atoms with Gasteiger partial charge in [0.25, 0.3) is 0 Å². The first-order valence-corrected chi connectivity index (χ1v) is 12.1. The first-order valence-electron chi connectivity index (χ1n) is 10.4. The second kappa shape index (κ2) is 8.52. The second-order valence-corrected chi connectivity index (χ2v) is 10.1. The van der Waals surface area contributed by atoms with Crippen molar-refractivity contribution in [3.8, 4) is 11.8 Å². The molecule has 1 fully saturated rings. The zero-order chi connectivity index (χ0) is 23.9. The lowest BCUT2D eigenvalue weighted by Crippen LogP contribution is -2.17. The second-order valence-electron chi connectivity index (χ2n) is 7.94. The summed E-state index contributed by atoms with van der Waals surface area (Å²) in [6.45, 7) is 1.77. The topological polar surface area (TPSA) is 128 Å². The molecule has 0 bridgehead atoms. The number of benzene rings is 1. The summed E-state index contributed by atoms with van der Waals surface area (Å²) in [4.78, 5) is 25.6. The summed E-state index contributed by atoms with van der Waals surface area (Å²) < 4.78 is 12.6. The van der Waals surface area contributed by atoms with Gasteiger partial charge in [0.2, 0.25) is 5.76 Å². The Bertz CT molecular complexity index is 1420. The van der Waals surface area contributed by atoms with Crippen molar-refractivity contribution in [2.24, 2.45) is 0 Å². The lowest BCUT2D eigenvalue weighted by Gasteiger charge is -2.13. The molecule has 1 aromatic carbocycles. The van der Waals surface area contributed by atoms with Gasteiger partial charge in [0.1, 0.15) is 17.2 Å². The standard InChI is InChI=1S/C24H19N3O5S2/c1-13(14-5-3-2-4-6-14)31-23(30)26-20-16(32-27-21(20)25)8-7-15-11-17-18(33-15)12-19(34-17)24(9-10-24)22(28)29/h2-6,11-13H,9-10H2,1H3,(H2,25,27)(H,26,30)(H,28,29).